The van der Waals surface area contributed by atoms with Gasteiger partial charge in [-0.25, -0.2) is 4.99 Å². The van der Waals surface area contributed by atoms with Gasteiger partial charge in [0.25, 0.3) is 0 Å². The first-order valence-electron chi connectivity index (χ1n) is 5.70. The van der Waals surface area contributed by atoms with E-state index in [0.717, 1.165) is 5.56 Å². The number of halogens is 1. The fourth-order valence-electron chi connectivity index (χ4n) is 1.88. The van der Waals surface area contributed by atoms with Crippen LogP contribution in [-0.2, 0) is 4.74 Å². The lowest BCUT2D eigenvalue weighted by atomic mass is 10.1. The van der Waals surface area contributed by atoms with Gasteiger partial charge in [0.15, 0.2) is 0 Å². The minimum Gasteiger partial charge on any atom is -0.474 e. The smallest absolute Gasteiger partial charge is 0.236 e. The first-order chi connectivity index (χ1) is 8.83. The summed E-state index contributed by atoms with van der Waals surface area (Å²) in [6, 6.07) is 13.6. The van der Waals surface area contributed by atoms with E-state index in [2.05, 4.69) is 9.98 Å². The van der Waals surface area contributed by atoms with Crippen molar-refractivity contribution < 1.29 is 4.74 Å². The summed E-state index contributed by atoms with van der Waals surface area (Å²) in [4.78, 5) is 8.75. The molecule has 1 aliphatic heterocycles. The monoisotopic (exact) mass is 258 g/mol. The van der Waals surface area contributed by atoms with E-state index in [1.807, 2.05) is 30.3 Å². The Hall–Kier alpha value is -1.87. The molecule has 0 bridgehead atoms. The first kappa shape index (κ1) is 11.2. The van der Waals surface area contributed by atoms with Gasteiger partial charge in [0.2, 0.25) is 5.90 Å². The molecule has 0 radical (unpaired) electrons. The van der Waals surface area contributed by atoms with Crippen molar-refractivity contribution in [3.8, 4) is 0 Å². The average molecular weight is 259 g/mol. The maximum atomic E-state index is 5.93. The van der Waals surface area contributed by atoms with Crippen molar-refractivity contribution in [3.63, 3.8) is 0 Å². The van der Waals surface area contributed by atoms with Gasteiger partial charge in [-0.1, -0.05) is 41.9 Å². The standard InChI is InChI=1S/C14H11ClN2O/c15-11-6-7-16-12(8-11)14-17-13(9-18-14)10-4-2-1-3-5-10/h1-8,13H,9H2/t13-/m0/s1. The van der Waals surface area contributed by atoms with Crippen molar-refractivity contribution in [1.82, 2.24) is 4.98 Å². The Morgan fingerprint density at radius 1 is 1.17 bits per heavy atom. The van der Waals surface area contributed by atoms with E-state index in [1.165, 1.54) is 0 Å². The SMILES string of the molecule is Clc1ccnc(C2=N[C@H](c3ccccc3)CO2)c1. The van der Waals surface area contributed by atoms with E-state index in [1.54, 1.807) is 18.3 Å². The molecule has 0 saturated carbocycles. The van der Waals surface area contributed by atoms with Gasteiger partial charge in [0.05, 0.1) is 0 Å². The number of benzene rings is 1. The highest BCUT2D eigenvalue weighted by molar-refractivity contribution is 6.30. The van der Waals surface area contributed by atoms with Gasteiger partial charge in [0.1, 0.15) is 18.3 Å². The number of pyridine rings is 1. The van der Waals surface area contributed by atoms with Crippen LogP contribution in [0.4, 0.5) is 0 Å². The summed E-state index contributed by atoms with van der Waals surface area (Å²) in [6.07, 6.45) is 1.65. The number of aromatic nitrogens is 1. The minimum absolute atomic E-state index is 0.0435. The van der Waals surface area contributed by atoms with Crippen LogP contribution >= 0.6 is 11.6 Å². The fourth-order valence-corrected chi connectivity index (χ4v) is 2.04. The van der Waals surface area contributed by atoms with Gasteiger partial charge in [-0.2, -0.15) is 0 Å². The van der Waals surface area contributed by atoms with Crippen LogP contribution < -0.4 is 0 Å². The number of hydrogen-bond donors (Lipinski definition) is 0. The van der Waals surface area contributed by atoms with E-state index in [-0.39, 0.29) is 6.04 Å². The van der Waals surface area contributed by atoms with Gasteiger partial charge in [-0.15, -0.1) is 0 Å². The molecule has 0 spiro atoms. The quantitative estimate of drug-likeness (QED) is 0.829. The van der Waals surface area contributed by atoms with Gasteiger partial charge < -0.3 is 4.74 Å². The van der Waals surface area contributed by atoms with Gasteiger partial charge >= 0.3 is 0 Å². The zero-order valence-electron chi connectivity index (χ0n) is 9.58. The Kier molecular flexibility index (Phi) is 2.99. The van der Waals surface area contributed by atoms with Gasteiger partial charge in [0, 0.05) is 11.2 Å². The molecular formula is C14H11ClN2O. The molecule has 1 aromatic carbocycles. The average Bonchev–Trinajstić information content (AvgIpc) is 2.89. The second-order valence-corrected chi connectivity index (χ2v) is 4.47. The Labute approximate surface area is 110 Å². The van der Waals surface area contributed by atoms with Gasteiger partial charge in [-0.3, -0.25) is 4.98 Å². The number of ether oxygens (including phenoxy) is 1. The molecule has 3 nitrogen and oxygen atoms in total. The molecule has 0 fully saturated rings. The number of hydrogen-bond acceptors (Lipinski definition) is 3. The van der Waals surface area contributed by atoms with E-state index in [0.29, 0.717) is 23.2 Å². The van der Waals surface area contributed by atoms with Crippen molar-refractivity contribution in [2.45, 2.75) is 6.04 Å². The van der Waals surface area contributed by atoms with Crippen molar-refractivity contribution >= 4 is 17.5 Å². The Bertz CT molecular complexity index is 583. The molecule has 0 unspecified atom stereocenters. The lowest BCUT2D eigenvalue weighted by Crippen LogP contribution is -2.03. The topological polar surface area (TPSA) is 34.5 Å². The van der Waals surface area contributed by atoms with E-state index >= 15 is 0 Å². The van der Waals surface area contributed by atoms with Crippen LogP contribution in [0.1, 0.15) is 17.3 Å². The fraction of sp³-hybridized carbons (Fsp3) is 0.143. The lowest BCUT2D eigenvalue weighted by molar-refractivity contribution is 0.319. The van der Waals surface area contributed by atoms with Crippen LogP contribution in [0, 0.1) is 0 Å². The molecule has 1 aliphatic rings. The minimum atomic E-state index is 0.0435. The van der Waals surface area contributed by atoms with Crippen LogP contribution in [0.3, 0.4) is 0 Å². The summed E-state index contributed by atoms with van der Waals surface area (Å²) in [5.74, 6) is 0.561. The number of aliphatic imine (C=N–C) groups is 1. The van der Waals surface area contributed by atoms with Crippen LogP contribution in [0.2, 0.25) is 5.02 Å². The van der Waals surface area contributed by atoms with Crippen molar-refractivity contribution in [1.29, 1.82) is 0 Å². The predicted molar refractivity (Wildman–Crippen MR) is 70.9 cm³/mol. The molecule has 4 heteroatoms. The second-order valence-electron chi connectivity index (χ2n) is 4.03. The van der Waals surface area contributed by atoms with Crippen molar-refractivity contribution in [2.75, 3.05) is 6.61 Å². The third-order valence-electron chi connectivity index (χ3n) is 2.78. The molecule has 0 amide bonds. The summed E-state index contributed by atoms with van der Waals surface area (Å²) in [7, 11) is 0. The zero-order valence-corrected chi connectivity index (χ0v) is 10.3. The van der Waals surface area contributed by atoms with Crippen LogP contribution in [0.5, 0.6) is 0 Å². The second kappa shape index (κ2) is 4.78. The molecule has 1 atom stereocenters. The summed E-state index contributed by atoms with van der Waals surface area (Å²) in [5, 5.41) is 0.634. The van der Waals surface area contributed by atoms with Gasteiger partial charge in [-0.05, 0) is 17.7 Å². The van der Waals surface area contributed by atoms with Crippen LogP contribution in [0.25, 0.3) is 0 Å². The van der Waals surface area contributed by atoms with Crippen molar-refractivity contribution in [2.24, 2.45) is 4.99 Å². The Morgan fingerprint density at radius 3 is 2.78 bits per heavy atom. The van der Waals surface area contributed by atoms with E-state index in [4.69, 9.17) is 16.3 Å². The lowest BCUT2D eigenvalue weighted by Gasteiger charge is -2.03. The number of nitrogens with zero attached hydrogens (tertiary/aromatic N) is 2. The zero-order chi connectivity index (χ0) is 12.4. The molecule has 0 aliphatic carbocycles. The Balaban J connectivity index is 1.88. The Morgan fingerprint density at radius 2 is 2.00 bits per heavy atom. The summed E-state index contributed by atoms with van der Waals surface area (Å²) in [6.45, 7) is 0.549. The highest BCUT2D eigenvalue weighted by Crippen LogP contribution is 2.24. The first-order valence-corrected chi connectivity index (χ1v) is 6.08. The molecule has 2 aromatic rings. The third-order valence-corrected chi connectivity index (χ3v) is 3.01. The molecule has 90 valence electrons. The molecular weight excluding hydrogens is 248 g/mol. The third kappa shape index (κ3) is 2.22. The maximum absolute atomic E-state index is 5.93. The van der Waals surface area contributed by atoms with Crippen molar-refractivity contribution in [3.05, 3.63) is 64.9 Å². The normalized spacial score (nSPS) is 18.3. The summed E-state index contributed by atoms with van der Waals surface area (Å²) in [5.41, 5.74) is 1.83. The van der Waals surface area contributed by atoms with Crippen LogP contribution in [-0.4, -0.2) is 17.5 Å². The predicted octanol–water partition coefficient (Wildman–Crippen LogP) is 3.25. The summed E-state index contributed by atoms with van der Waals surface area (Å²) < 4.78 is 5.59. The molecule has 3 rings (SSSR count). The van der Waals surface area contributed by atoms with E-state index in [9.17, 15) is 0 Å². The summed E-state index contributed by atoms with van der Waals surface area (Å²) >= 11 is 5.93. The molecule has 18 heavy (non-hydrogen) atoms. The molecule has 0 saturated heterocycles. The highest BCUT2D eigenvalue weighted by atomic mass is 35.5. The number of rotatable bonds is 2. The molecule has 1 aromatic heterocycles. The molecule has 0 N–H and O–H groups in total. The maximum Gasteiger partial charge on any atom is 0.236 e. The van der Waals surface area contributed by atoms with Crippen LogP contribution in [0.15, 0.2) is 53.7 Å². The highest BCUT2D eigenvalue weighted by Gasteiger charge is 2.22. The largest absolute Gasteiger partial charge is 0.474 e. The van der Waals surface area contributed by atoms with E-state index < -0.39 is 0 Å². The molecule has 2 heterocycles.